The number of esters is 1. The Morgan fingerprint density at radius 1 is 1.29 bits per heavy atom. The second-order valence-electron chi connectivity index (χ2n) is 4.38. The van der Waals surface area contributed by atoms with Crippen LogP contribution < -0.4 is 5.32 Å². The molecule has 0 bridgehead atoms. The van der Waals surface area contributed by atoms with E-state index in [0.29, 0.717) is 6.61 Å². The molecule has 0 saturated heterocycles. The number of amides is 1. The van der Waals surface area contributed by atoms with Gasteiger partial charge in [-0.3, -0.25) is 0 Å². The molecule has 100 valence electrons. The van der Waals surface area contributed by atoms with E-state index in [9.17, 15) is 9.59 Å². The summed E-state index contributed by atoms with van der Waals surface area (Å²) in [5.74, 6) is -0.565. The van der Waals surface area contributed by atoms with E-state index in [1.54, 1.807) is 27.7 Å². The normalized spacial score (nSPS) is 12.8. The summed E-state index contributed by atoms with van der Waals surface area (Å²) in [6, 6.07) is -0.852. The average Bonchev–Trinajstić information content (AvgIpc) is 2.20. The Morgan fingerprint density at radius 3 is 2.29 bits per heavy atom. The lowest BCUT2D eigenvalue weighted by molar-refractivity contribution is -0.144. The van der Waals surface area contributed by atoms with Gasteiger partial charge in [0.1, 0.15) is 5.60 Å². The monoisotopic (exact) mass is 247 g/mol. The predicted molar refractivity (Wildman–Crippen MR) is 61.7 cm³/mol. The van der Waals surface area contributed by atoms with Gasteiger partial charge in [-0.1, -0.05) is 0 Å². The minimum atomic E-state index is -0.852. The molecule has 1 N–H and O–H groups in total. The van der Waals surface area contributed by atoms with Crippen molar-refractivity contribution in [1.29, 1.82) is 0 Å². The van der Waals surface area contributed by atoms with Crippen molar-refractivity contribution in [3.05, 3.63) is 0 Å². The second-order valence-corrected chi connectivity index (χ2v) is 4.38. The zero-order valence-corrected chi connectivity index (χ0v) is 11.0. The van der Waals surface area contributed by atoms with Crippen LogP contribution in [0.5, 0.6) is 0 Å². The Balaban J connectivity index is 4.32. The summed E-state index contributed by atoms with van der Waals surface area (Å²) in [5, 5.41) is 2.40. The first-order chi connectivity index (χ1) is 7.80. The van der Waals surface area contributed by atoms with E-state index in [-0.39, 0.29) is 6.61 Å². The number of hydrogen-bond donors (Lipinski definition) is 1. The van der Waals surface area contributed by atoms with Crippen molar-refractivity contribution >= 4 is 12.1 Å². The fourth-order valence-electron chi connectivity index (χ4n) is 0.996. The highest BCUT2D eigenvalue weighted by Gasteiger charge is 2.24. The van der Waals surface area contributed by atoms with Crippen molar-refractivity contribution < 1.29 is 23.8 Å². The molecule has 1 amide bonds. The van der Waals surface area contributed by atoms with Crippen molar-refractivity contribution in [2.75, 3.05) is 20.3 Å². The van der Waals surface area contributed by atoms with Crippen molar-refractivity contribution in [3.63, 3.8) is 0 Å². The molecule has 1 unspecified atom stereocenters. The van der Waals surface area contributed by atoms with Crippen molar-refractivity contribution in [1.82, 2.24) is 5.32 Å². The van der Waals surface area contributed by atoms with Crippen LogP contribution >= 0.6 is 0 Å². The maximum absolute atomic E-state index is 11.5. The highest BCUT2D eigenvalue weighted by molar-refractivity contribution is 5.81. The highest BCUT2D eigenvalue weighted by Crippen LogP contribution is 2.07. The number of carbonyl (C=O) groups excluding carboxylic acids is 2. The molecule has 0 rings (SSSR count). The quantitative estimate of drug-likeness (QED) is 0.736. The Bertz CT molecular complexity index is 259. The van der Waals surface area contributed by atoms with Gasteiger partial charge in [0.15, 0.2) is 6.04 Å². The van der Waals surface area contributed by atoms with Crippen LogP contribution in [0.15, 0.2) is 0 Å². The third-order valence-corrected chi connectivity index (χ3v) is 1.67. The molecule has 17 heavy (non-hydrogen) atoms. The molecule has 0 saturated carbocycles. The lowest BCUT2D eigenvalue weighted by atomic mass is 10.2. The second kappa shape index (κ2) is 7.11. The third-order valence-electron chi connectivity index (χ3n) is 1.67. The smallest absolute Gasteiger partial charge is 0.408 e. The van der Waals surface area contributed by atoms with Crippen LogP contribution in [0.3, 0.4) is 0 Å². The zero-order valence-electron chi connectivity index (χ0n) is 11.0. The first-order valence-corrected chi connectivity index (χ1v) is 5.45. The molecule has 0 fully saturated rings. The van der Waals surface area contributed by atoms with Crippen molar-refractivity contribution in [2.45, 2.75) is 39.3 Å². The lowest BCUT2D eigenvalue weighted by Gasteiger charge is -2.22. The number of nitrogens with one attached hydrogen (secondary N) is 1. The molecule has 1 atom stereocenters. The third kappa shape index (κ3) is 7.57. The van der Waals surface area contributed by atoms with Crippen LogP contribution in [-0.2, 0) is 19.0 Å². The molecule has 0 aromatic carbocycles. The van der Waals surface area contributed by atoms with E-state index in [4.69, 9.17) is 9.47 Å². The summed E-state index contributed by atoms with van der Waals surface area (Å²) in [6.07, 6.45) is -0.674. The van der Waals surface area contributed by atoms with E-state index < -0.39 is 23.7 Å². The summed E-state index contributed by atoms with van der Waals surface area (Å²) in [5.41, 5.74) is -0.615. The first-order valence-electron chi connectivity index (χ1n) is 5.45. The molecule has 0 aromatic heterocycles. The lowest BCUT2D eigenvalue weighted by Crippen LogP contribution is -2.46. The average molecular weight is 247 g/mol. The molecule has 0 aromatic rings. The number of alkyl carbamates (subject to hydrolysis) is 1. The predicted octanol–water partition coefficient (Wildman–Crippen LogP) is 1.09. The number of methoxy groups -OCH3 is 1. The van der Waals surface area contributed by atoms with Gasteiger partial charge in [-0.05, 0) is 27.7 Å². The van der Waals surface area contributed by atoms with Gasteiger partial charge in [0.25, 0.3) is 0 Å². The molecule has 0 aliphatic carbocycles. The van der Waals surface area contributed by atoms with E-state index in [2.05, 4.69) is 10.1 Å². The number of hydrogen-bond acceptors (Lipinski definition) is 5. The van der Waals surface area contributed by atoms with Gasteiger partial charge in [0.2, 0.25) is 0 Å². The molecule has 0 aliphatic rings. The number of rotatable bonds is 5. The van der Waals surface area contributed by atoms with E-state index in [0.717, 1.165) is 0 Å². The van der Waals surface area contributed by atoms with Gasteiger partial charge in [0.05, 0.1) is 13.7 Å². The first kappa shape index (κ1) is 15.7. The van der Waals surface area contributed by atoms with Crippen molar-refractivity contribution in [2.24, 2.45) is 0 Å². The molecule has 0 aliphatic heterocycles. The maximum atomic E-state index is 11.5. The summed E-state index contributed by atoms with van der Waals surface area (Å²) in [6.45, 7) is 7.51. The van der Waals surface area contributed by atoms with Crippen LogP contribution in [0.4, 0.5) is 4.79 Å². The maximum Gasteiger partial charge on any atom is 0.408 e. The van der Waals surface area contributed by atoms with Gasteiger partial charge >= 0.3 is 12.1 Å². The van der Waals surface area contributed by atoms with Crippen LogP contribution in [0.2, 0.25) is 0 Å². The Labute approximate surface area is 102 Å². The highest BCUT2D eigenvalue weighted by atomic mass is 16.6. The molecular weight excluding hydrogens is 226 g/mol. The number of ether oxygens (including phenoxy) is 3. The fraction of sp³-hybridized carbons (Fsp3) is 0.818. The Morgan fingerprint density at radius 2 is 1.88 bits per heavy atom. The number of carbonyl (C=O) groups is 2. The molecule has 6 nitrogen and oxygen atoms in total. The molecule has 0 heterocycles. The fourth-order valence-corrected chi connectivity index (χ4v) is 0.996. The van der Waals surface area contributed by atoms with Gasteiger partial charge < -0.3 is 19.5 Å². The summed E-state index contributed by atoms with van der Waals surface area (Å²) >= 11 is 0. The van der Waals surface area contributed by atoms with E-state index >= 15 is 0 Å². The van der Waals surface area contributed by atoms with Gasteiger partial charge in [0, 0.05) is 6.61 Å². The van der Waals surface area contributed by atoms with E-state index in [1.165, 1.54) is 7.11 Å². The Hall–Kier alpha value is -1.30. The molecule has 0 radical (unpaired) electrons. The van der Waals surface area contributed by atoms with E-state index in [1.807, 2.05) is 0 Å². The van der Waals surface area contributed by atoms with Crippen molar-refractivity contribution in [3.8, 4) is 0 Å². The minimum absolute atomic E-state index is 0.0580. The van der Waals surface area contributed by atoms with Gasteiger partial charge in [-0.25, -0.2) is 9.59 Å². The largest absolute Gasteiger partial charge is 0.467 e. The molecule has 0 spiro atoms. The van der Waals surface area contributed by atoms with Crippen LogP contribution in [0.1, 0.15) is 27.7 Å². The Kier molecular flexibility index (Phi) is 6.57. The van der Waals surface area contributed by atoms with Crippen LogP contribution in [0.25, 0.3) is 0 Å². The minimum Gasteiger partial charge on any atom is -0.467 e. The standard InChI is InChI=1S/C11H21NO5/c1-6-16-7-8(9(13)15-5)12-10(14)17-11(2,3)4/h8H,6-7H2,1-5H3,(H,12,14). The molecule has 6 heteroatoms. The SMILES string of the molecule is CCOCC(NC(=O)OC(C)(C)C)C(=O)OC. The van der Waals surface area contributed by atoms with Crippen LogP contribution in [0, 0.1) is 0 Å². The summed E-state index contributed by atoms with van der Waals surface area (Å²) in [4.78, 5) is 22.8. The summed E-state index contributed by atoms with van der Waals surface area (Å²) in [7, 11) is 1.25. The zero-order chi connectivity index (χ0) is 13.5. The topological polar surface area (TPSA) is 73.9 Å². The van der Waals surface area contributed by atoms with Crippen LogP contribution in [-0.4, -0.2) is 44.0 Å². The van der Waals surface area contributed by atoms with Gasteiger partial charge in [-0.2, -0.15) is 0 Å². The summed E-state index contributed by atoms with van der Waals surface area (Å²) < 4.78 is 14.7. The van der Waals surface area contributed by atoms with Gasteiger partial charge in [-0.15, -0.1) is 0 Å². The molecular formula is C11H21NO5.